The van der Waals surface area contributed by atoms with Crippen LogP contribution in [-0.4, -0.2) is 64.4 Å². The number of aryl methyl sites for hydroxylation is 2. The van der Waals surface area contributed by atoms with Crippen LogP contribution < -0.4 is 35.3 Å². The van der Waals surface area contributed by atoms with Gasteiger partial charge >= 0.3 is 0 Å². The van der Waals surface area contributed by atoms with E-state index in [-0.39, 0.29) is 47.0 Å². The zero-order chi connectivity index (χ0) is 35.5. The number of pyridine rings is 2. The number of hydrogen-bond donors (Lipinski definition) is 3. The van der Waals surface area contributed by atoms with Crippen LogP contribution in [0.25, 0.3) is 0 Å². The summed E-state index contributed by atoms with van der Waals surface area (Å²) < 4.78 is 66.5. The number of ketones is 1. The first-order valence-corrected chi connectivity index (χ1v) is 18.3. The molecule has 0 saturated heterocycles. The van der Waals surface area contributed by atoms with E-state index < -0.39 is 32.3 Å². The number of aromatic nitrogens is 2. The van der Waals surface area contributed by atoms with Gasteiger partial charge in [-0.25, -0.2) is 26.8 Å². The van der Waals surface area contributed by atoms with E-state index in [0.29, 0.717) is 35.6 Å². The highest BCUT2D eigenvalue weighted by Crippen LogP contribution is 2.38. The van der Waals surface area contributed by atoms with Crippen LogP contribution >= 0.6 is 0 Å². The van der Waals surface area contributed by atoms with Crippen LogP contribution in [0.15, 0.2) is 82.8 Å². The summed E-state index contributed by atoms with van der Waals surface area (Å²) in [4.78, 5) is 19.9. The summed E-state index contributed by atoms with van der Waals surface area (Å²) in [6, 6.07) is 16.5. The van der Waals surface area contributed by atoms with Gasteiger partial charge in [0.2, 0.25) is 11.8 Å². The maximum atomic E-state index is 13.2. The van der Waals surface area contributed by atoms with Crippen molar-refractivity contribution < 1.29 is 31.1 Å². The molecule has 6 N–H and O–H groups in total. The highest BCUT2D eigenvalue weighted by Gasteiger charge is 2.37. The lowest BCUT2D eigenvalue weighted by Gasteiger charge is -2.34. The number of nitrogens with two attached hydrogens (primary N) is 3. The molecule has 4 aromatic rings. The van der Waals surface area contributed by atoms with Gasteiger partial charge in [0.25, 0.3) is 20.0 Å². The standard InChI is InChI=1S/C18H21N3O4S.C15H18N4O3S/c1-12-4-3-5-16(8-12)26(23,24)21-11-15(7-6-13(2)22)25-18-17(21)9-14(19)10-20-18;1-10-3-2-4-13(5-10)23(20,21)19-9-12(7-16)22-15-14(19)6-11(17)8-18-15/h3-5,8-10,15H,6-7,11,19H2,1-2H3;2-6,8,12H,7,9,16-17H2,1H3/t15-;12-/m00/s1. The minimum Gasteiger partial charge on any atom is -0.471 e. The topological polar surface area (TPSA) is 214 Å². The summed E-state index contributed by atoms with van der Waals surface area (Å²) in [7, 11) is -7.57. The van der Waals surface area contributed by atoms with Gasteiger partial charge in [-0.1, -0.05) is 24.3 Å². The van der Waals surface area contributed by atoms with E-state index in [0.717, 1.165) is 11.1 Å². The van der Waals surface area contributed by atoms with Gasteiger partial charge in [0.15, 0.2) is 0 Å². The molecule has 0 spiro atoms. The largest absolute Gasteiger partial charge is 0.471 e. The first kappa shape index (κ1) is 35.4. The third-order valence-electron chi connectivity index (χ3n) is 7.78. The number of hydrogen-bond acceptors (Lipinski definition) is 12. The summed E-state index contributed by atoms with van der Waals surface area (Å²) in [5, 5.41) is 0. The number of carbonyl (C=O) groups excluding carboxylic acids is 1. The van der Waals surface area contributed by atoms with Gasteiger partial charge in [-0.15, -0.1) is 0 Å². The van der Waals surface area contributed by atoms with Crippen molar-refractivity contribution >= 4 is 48.6 Å². The van der Waals surface area contributed by atoms with E-state index in [1.165, 1.54) is 34.0 Å². The van der Waals surface area contributed by atoms with Crippen LogP contribution in [0.5, 0.6) is 11.8 Å². The molecule has 0 fully saturated rings. The van der Waals surface area contributed by atoms with E-state index in [1.54, 1.807) is 42.5 Å². The lowest BCUT2D eigenvalue weighted by atomic mass is 10.1. The second-order valence-electron chi connectivity index (χ2n) is 11.8. The Morgan fingerprint density at radius 1 is 0.776 bits per heavy atom. The van der Waals surface area contributed by atoms with Crippen molar-refractivity contribution in [3.8, 4) is 11.8 Å². The van der Waals surface area contributed by atoms with E-state index in [4.69, 9.17) is 26.7 Å². The molecule has 2 aromatic carbocycles. The third kappa shape index (κ3) is 7.87. The quantitative estimate of drug-likeness (QED) is 0.241. The summed E-state index contributed by atoms with van der Waals surface area (Å²) >= 11 is 0. The van der Waals surface area contributed by atoms with Gasteiger partial charge in [-0.2, -0.15) is 0 Å². The normalized spacial score (nSPS) is 17.1. The van der Waals surface area contributed by atoms with Crippen molar-refractivity contribution in [3.05, 3.63) is 84.2 Å². The predicted octanol–water partition coefficient (Wildman–Crippen LogP) is 3.18. The van der Waals surface area contributed by atoms with Crippen molar-refractivity contribution in [1.29, 1.82) is 0 Å². The van der Waals surface area contributed by atoms with E-state index in [2.05, 4.69) is 9.97 Å². The van der Waals surface area contributed by atoms with Crippen LogP contribution in [0.3, 0.4) is 0 Å². The molecule has 2 aliphatic heterocycles. The SMILES string of the molecule is CC(=O)CC[C@H]1CN(S(=O)(=O)c2cccc(C)c2)c2cc(N)cnc2O1.Cc1cccc(S(=O)(=O)N2C[C@H](CN)Oc3ncc(N)cc32)c1. The van der Waals surface area contributed by atoms with E-state index in [9.17, 15) is 21.6 Å². The Labute approximate surface area is 286 Å². The molecule has 2 atom stereocenters. The number of ether oxygens (including phenoxy) is 2. The number of nitrogens with zero attached hydrogens (tertiary/aromatic N) is 4. The molecule has 6 rings (SSSR count). The number of anilines is 4. The molecule has 0 saturated carbocycles. The van der Waals surface area contributed by atoms with E-state index in [1.807, 2.05) is 26.0 Å². The molecule has 16 heteroatoms. The smallest absolute Gasteiger partial charge is 0.264 e. The maximum absolute atomic E-state index is 13.2. The fourth-order valence-corrected chi connectivity index (χ4v) is 8.49. The molecule has 2 aromatic heterocycles. The summed E-state index contributed by atoms with van der Waals surface area (Å²) in [6.45, 7) is 5.57. The van der Waals surface area contributed by atoms with Crippen LogP contribution in [0.1, 0.15) is 30.9 Å². The van der Waals surface area contributed by atoms with Crippen LogP contribution in [-0.2, 0) is 24.8 Å². The average molecular weight is 710 g/mol. The Kier molecular flexibility index (Phi) is 10.3. The monoisotopic (exact) mass is 709 g/mol. The molecule has 0 amide bonds. The second kappa shape index (κ2) is 14.3. The van der Waals surface area contributed by atoms with Gasteiger partial charge in [0.1, 0.15) is 29.4 Å². The second-order valence-corrected chi connectivity index (χ2v) is 15.6. The number of fused-ring (bicyclic) bond motifs is 2. The van der Waals surface area contributed by atoms with Crippen molar-refractivity contribution in [2.45, 2.75) is 55.6 Å². The Balaban J connectivity index is 0.000000192. The zero-order valence-electron chi connectivity index (χ0n) is 27.3. The lowest BCUT2D eigenvalue weighted by molar-refractivity contribution is -0.117. The highest BCUT2D eigenvalue weighted by atomic mass is 32.2. The van der Waals surface area contributed by atoms with Crippen LogP contribution in [0, 0.1) is 13.8 Å². The van der Waals surface area contributed by atoms with Gasteiger partial charge in [-0.3, -0.25) is 8.61 Å². The van der Waals surface area contributed by atoms with Gasteiger partial charge < -0.3 is 31.5 Å². The maximum Gasteiger partial charge on any atom is 0.264 e. The Morgan fingerprint density at radius 3 is 1.65 bits per heavy atom. The van der Waals surface area contributed by atoms with Gasteiger partial charge in [0, 0.05) is 13.0 Å². The Hall–Kier alpha value is -4.93. The van der Waals surface area contributed by atoms with Crippen molar-refractivity contribution in [1.82, 2.24) is 9.97 Å². The molecule has 0 radical (unpaired) electrons. The highest BCUT2D eigenvalue weighted by molar-refractivity contribution is 7.93. The van der Waals surface area contributed by atoms with Crippen LogP contribution in [0.2, 0.25) is 0 Å². The number of benzene rings is 2. The zero-order valence-corrected chi connectivity index (χ0v) is 28.9. The Bertz CT molecular complexity index is 2080. The summed E-state index contributed by atoms with van der Waals surface area (Å²) in [6.07, 6.45) is 2.66. The molecule has 4 heterocycles. The van der Waals surface area contributed by atoms with Gasteiger partial charge in [-0.05, 0) is 74.7 Å². The predicted molar refractivity (Wildman–Crippen MR) is 187 cm³/mol. The molecule has 49 heavy (non-hydrogen) atoms. The first-order chi connectivity index (χ1) is 23.2. The minimum atomic E-state index is -3.81. The molecule has 2 aliphatic rings. The molecular weight excluding hydrogens is 671 g/mol. The number of carbonyl (C=O) groups is 1. The van der Waals surface area contributed by atoms with Crippen LogP contribution in [0.4, 0.5) is 22.7 Å². The first-order valence-electron chi connectivity index (χ1n) is 15.4. The number of sulfonamides is 2. The Morgan fingerprint density at radius 2 is 1.22 bits per heavy atom. The molecule has 0 bridgehead atoms. The number of rotatable bonds is 8. The lowest BCUT2D eigenvalue weighted by Crippen LogP contribution is -2.46. The molecule has 260 valence electrons. The molecule has 14 nitrogen and oxygen atoms in total. The minimum absolute atomic E-state index is 0.0257. The average Bonchev–Trinajstić information content (AvgIpc) is 3.06. The molecular formula is C33H39N7O7S2. The van der Waals surface area contributed by atoms with Crippen molar-refractivity contribution in [3.63, 3.8) is 0 Å². The summed E-state index contributed by atoms with van der Waals surface area (Å²) in [5.74, 6) is 0.449. The number of Topliss-reactive ketones (excluding diaryl/α,β-unsaturated/α-hetero) is 1. The van der Waals surface area contributed by atoms with Crippen molar-refractivity contribution in [2.24, 2.45) is 5.73 Å². The van der Waals surface area contributed by atoms with Gasteiger partial charge in [0.05, 0.1) is 46.6 Å². The molecule has 0 unspecified atom stereocenters. The third-order valence-corrected chi connectivity index (χ3v) is 11.3. The fraction of sp³-hybridized carbons (Fsp3) is 0.303. The van der Waals surface area contributed by atoms with E-state index >= 15 is 0 Å². The number of nitrogen functional groups attached to an aromatic ring is 2. The molecule has 0 aliphatic carbocycles. The van der Waals surface area contributed by atoms with Crippen molar-refractivity contribution in [2.75, 3.05) is 39.7 Å². The fourth-order valence-electron chi connectivity index (χ4n) is 5.31. The summed E-state index contributed by atoms with van der Waals surface area (Å²) in [5.41, 5.74) is 20.3.